The van der Waals surface area contributed by atoms with Gasteiger partial charge in [-0.25, -0.2) is 4.79 Å². The number of carbonyl (C=O) groups is 2. The van der Waals surface area contributed by atoms with Crippen LogP contribution in [0.1, 0.15) is 54.7 Å². The van der Waals surface area contributed by atoms with Gasteiger partial charge in [-0.3, -0.25) is 4.79 Å². The van der Waals surface area contributed by atoms with Crippen LogP contribution in [0.2, 0.25) is 0 Å². The Hall–Kier alpha value is -4.97. The van der Waals surface area contributed by atoms with E-state index in [2.05, 4.69) is 92.8 Å². The van der Waals surface area contributed by atoms with Crippen molar-refractivity contribution < 1.29 is 24.0 Å². The lowest BCUT2D eigenvalue weighted by Crippen LogP contribution is -2.26. The van der Waals surface area contributed by atoms with Crippen LogP contribution >= 0.6 is 0 Å². The molecule has 2 aliphatic rings. The summed E-state index contributed by atoms with van der Waals surface area (Å²) in [6, 6.07) is 21.3. The van der Waals surface area contributed by atoms with Crippen molar-refractivity contribution >= 4 is 35.1 Å². The number of ether oxygens (including phenoxy) is 1. The van der Waals surface area contributed by atoms with Gasteiger partial charge in [0, 0.05) is 41.6 Å². The first-order valence-corrected chi connectivity index (χ1v) is 14.3. The predicted molar refractivity (Wildman–Crippen MR) is 173 cm³/mol. The van der Waals surface area contributed by atoms with Crippen LogP contribution in [-0.2, 0) is 15.6 Å². The van der Waals surface area contributed by atoms with Gasteiger partial charge in [0.1, 0.15) is 12.8 Å². The Labute approximate surface area is 253 Å². The molecule has 0 fully saturated rings. The molecule has 0 radical (unpaired) electrons. The topological polar surface area (TPSA) is 69.8 Å². The van der Waals surface area contributed by atoms with E-state index in [1.807, 2.05) is 49.5 Å². The predicted octanol–water partition coefficient (Wildman–Crippen LogP) is 7.43. The number of carboxylic acids is 1. The molecule has 0 saturated heterocycles. The number of nitrogens with zero attached hydrogens (tertiary/aromatic N) is 2. The second kappa shape index (κ2) is 11.4. The lowest BCUT2D eigenvalue weighted by molar-refractivity contribution is -0.401. The van der Waals surface area contributed by atoms with Crippen LogP contribution in [0.15, 0.2) is 109 Å². The summed E-state index contributed by atoms with van der Waals surface area (Å²) in [7, 11) is 4.08. The molecule has 43 heavy (non-hydrogen) atoms. The van der Waals surface area contributed by atoms with E-state index in [1.54, 1.807) is 12.1 Å². The molecule has 3 aromatic carbocycles. The average Bonchev–Trinajstić information content (AvgIpc) is 3.29. The SMILES string of the molecule is CN1C(=CC=CC(=CC=CC2=[N+](C)c3ccc(OC=O)cc3C2(C)C)c2ccccc2)C(C)(C)c2cc(C(=O)O)ccc21. The standard InChI is InChI=1S/C37H36N2O4/c1-36(2)29-22-27(35(41)42)18-20-31(29)38(5)33(36)16-10-14-26(25-12-8-7-9-13-25)15-11-17-34-37(3,4)30-23-28(43-24-40)19-21-32(30)39(34)6/h7-24H,1-6H3/p+1. The minimum Gasteiger partial charge on any atom is -0.478 e. The maximum absolute atomic E-state index is 11.6. The largest absolute Gasteiger partial charge is 0.478 e. The summed E-state index contributed by atoms with van der Waals surface area (Å²) in [5.41, 5.74) is 8.24. The molecular weight excluding hydrogens is 536 g/mol. The van der Waals surface area contributed by atoms with Gasteiger partial charge in [0.25, 0.3) is 6.47 Å². The normalized spacial score (nSPS) is 18.0. The Morgan fingerprint density at radius 1 is 0.907 bits per heavy atom. The molecule has 0 amide bonds. The van der Waals surface area contributed by atoms with Crippen LogP contribution in [-0.4, -0.2) is 41.9 Å². The smallest absolute Gasteiger partial charge is 0.335 e. The molecule has 2 aliphatic heterocycles. The fourth-order valence-corrected chi connectivity index (χ4v) is 6.28. The zero-order valence-electron chi connectivity index (χ0n) is 25.5. The van der Waals surface area contributed by atoms with Crippen LogP contribution in [0.3, 0.4) is 0 Å². The molecule has 3 aromatic rings. The third-order valence-electron chi connectivity index (χ3n) is 8.64. The first-order chi connectivity index (χ1) is 20.5. The van der Waals surface area contributed by atoms with E-state index in [4.69, 9.17) is 4.74 Å². The van der Waals surface area contributed by atoms with Crippen LogP contribution in [0.4, 0.5) is 11.4 Å². The summed E-state index contributed by atoms with van der Waals surface area (Å²) >= 11 is 0. The van der Waals surface area contributed by atoms with Crippen LogP contribution in [0.25, 0.3) is 5.57 Å². The molecule has 0 unspecified atom stereocenters. The number of rotatable bonds is 8. The van der Waals surface area contributed by atoms with Crippen molar-refractivity contribution in [3.63, 3.8) is 0 Å². The molecule has 2 heterocycles. The minimum atomic E-state index is -0.921. The van der Waals surface area contributed by atoms with Gasteiger partial charge in [0.2, 0.25) is 5.69 Å². The van der Waals surface area contributed by atoms with E-state index in [-0.39, 0.29) is 10.8 Å². The molecule has 6 heteroatoms. The third-order valence-corrected chi connectivity index (χ3v) is 8.64. The molecule has 0 aromatic heterocycles. The van der Waals surface area contributed by atoms with Gasteiger partial charge in [0.15, 0.2) is 5.71 Å². The number of carbonyl (C=O) groups excluding carboxylic acids is 1. The number of hydrogen-bond donors (Lipinski definition) is 1. The summed E-state index contributed by atoms with van der Waals surface area (Å²) in [4.78, 5) is 24.6. The molecular formula is C37H37N2O4+. The molecule has 1 N–H and O–H groups in total. The number of fused-ring (bicyclic) bond motifs is 2. The molecule has 0 atom stereocenters. The number of allylic oxidation sites excluding steroid dienone is 8. The molecule has 0 aliphatic carbocycles. The Bertz CT molecular complexity index is 1750. The fourth-order valence-electron chi connectivity index (χ4n) is 6.28. The zero-order valence-corrected chi connectivity index (χ0v) is 25.5. The number of likely N-dealkylation sites (N-methyl/N-ethyl adjacent to an activating group) is 1. The zero-order chi connectivity index (χ0) is 30.9. The van der Waals surface area contributed by atoms with E-state index in [1.165, 1.54) is 0 Å². The lowest BCUT2D eigenvalue weighted by Gasteiger charge is -2.23. The van der Waals surface area contributed by atoms with Gasteiger partial charge in [-0.2, -0.15) is 4.58 Å². The Kier molecular flexibility index (Phi) is 7.80. The molecule has 0 bridgehead atoms. The Morgan fingerprint density at radius 3 is 2.35 bits per heavy atom. The number of benzene rings is 3. The van der Waals surface area contributed by atoms with Gasteiger partial charge in [-0.15, -0.1) is 0 Å². The Morgan fingerprint density at radius 2 is 1.65 bits per heavy atom. The van der Waals surface area contributed by atoms with Crippen molar-refractivity contribution in [1.82, 2.24) is 0 Å². The van der Waals surface area contributed by atoms with Crippen LogP contribution in [0.5, 0.6) is 5.75 Å². The highest BCUT2D eigenvalue weighted by Gasteiger charge is 2.43. The molecule has 0 saturated carbocycles. The first kappa shape index (κ1) is 29.5. The molecule has 218 valence electrons. The Balaban J connectivity index is 1.46. The van der Waals surface area contributed by atoms with Crippen molar-refractivity contribution in [3.8, 4) is 5.75 Å². The summed E-state index contributed by atoms with van der Waals surface area (Å²) < 4.78 is 7.29. The molecule has 5 rings (SSSR count). The van der Waals surface area contributed by atoms with Crippen LogP contribution < -0.4 is 9.64 Å². The number of carboxylic acid groups (broad SMARTS) is 1. The second-order valence-corrected chi connectivity index (χ2v) is 11.9. The van der Waals surface area contributed by atoms with Crippen molar-refractivity contribution in [2.45, 2.75) is 38.5 Å². The van der Waals surface area contributed by atoms with Crippen molar-refractivity contribution in [2.75, 3.05) is 19.0 Å². The van der Waals surface area contributed by atoms with Gasteiger partial charge in [-0.1, -0.05) is 68.5 Å². The summed E-state index contributed by atoms with van der Waals surface area (Å²) in [5.74, 6) is -0.386. The van der Waals surface area contributed by atoms with E-state index >= 15 is 0 Å². The molecule has 6 nitrogen and oxygen atoms in total. The van der Waals surface area contributed by atoms with E-state index < -0.39 is 5.97 Å². The summed E-state index contributed by atoms with van der Waals surface area (Å²) in [6.45, 7) is 9.05. The van der Waals surface area contributed by atoms with E-state index in [0.717, 1.165) is 45.0 Å². The second-order valence-electron chi connectivity index (χ2n) is 11.9. The first-order valence-electron chi connectivity index (χ1n) is 14.3. The van der Waals surface area contributed by atoms with Crippen LogP contribution in [0, 0.1) is 0 Å². The van der Waals surface area contributed by atoms with Gasteiger partial charge >= 0.3 is 5.97 Å². The van der Waals surface area contributed by atoms with E-state index in [0.29, 0.717) is 17.8 Å². The molecule has 0 spiro atoms. The monoisotopic (exact) mass is 573 g/mol. The maximum Gasteiger partial charge on any atom is 0.335 e. The highest BCUT2D eigenvalue weighted by molar-refractivity contribution is 6.03. The van der Waals surface area contributed by atoms with E-state index in [9.17, 15) is 14.7 Å². The number of anilines is 1. The van der Waals surface area contributed by atoms with Crippen molar-refractivity contribution in [1.29, 1.82) is 0 Å². The quantitative estimate of drug-likeness (QED) is 0.172. The highest BCUT2D eigenvalue weighted by atomic mass is 16.5. The number of aromatic carboxylic acids is 1. The third kappa shape index (κ3) is 5.37. The number of hydrogen-bond acceptors (Lipinski definition) is 4. The summed E-state index contributed by atoms with van der Waals surface area (Å²) in [6.07, 6.45) is 12.6. The lowest BCUT2D eigenvalue weighted by atomic mass is 9.81. The van der Waals surface area contributed by atoms with Crippen molar-refractivity contribution in [2.24, 2.45) is 0 Å². The maximum atomic E-state index is 11.6. The van der Waals surface area contributed by atoms with Gasteiger partial charge in [0.05, 0.1) is 11.0 Å². The highest BCUT2D eigenvalue weighted by Crippen LogP contribution is 2.47. The van der Waals surface area contributed by atoms with Gasteiger partial charge < -0.3 is 14.7 Å². The van der Waals surface area contributed by atoms with Crippen molar-refractivity contribution in [3.05, 3.63) is 131 Å². The fraction of sp³-hybridized carbons (Fsp3) is 0.216. The van der Waals surface area contributed by atoms with Gasteiger partial charge in [-0.05, 0) is 67.0 Å². The minimum absolute atomic E-state index is 0.280. The average molecular weight is 574 g/mol. The summed E-state index contributed by atoms with van der Waals surface area (Å²) in [5, 5.41) is 9.52.